The van der Waals surface area contributed by atoms with Gasteiger partial charge in [-0.1, -0.05) is 27.5 Å². The van der Waals surface area contributed by atoms with Crippen LogP contribution in [0.15, 0.2) is 18.2 Å². The lowest BCUT2D eigenvalue weighted by Gasteiger charge is -2.26. The van der Waals surface area contributed by atoms with E-state index in [-0.39, 0.29) is 28.7 Å². The van der Waals surface area contributed by atoms with Gasteiger partial charge in [-0.3, -0.25) is 14.4 Å². The molecule has 0 spiro atoms. The van der Waals surface area contributed by atoms with E-state index >= 15 is 0 Å². The van der Waals surface area contributed by atoms with Crippen LogP contribution in [0.4, 0.5) is 5.69 Å². The number of carbonyl (C=O) groups is 3. The first kappa shape index (κ1) is 18.6. The van der Waals surface area contributed by atoms with E-state index in [1.807, 2.05) is 0 Å². The number of methoxy groups -OCH3 is 1. The number of esters is 2. The van der Waals surface area contributed by atoms with Crippen LogP contribution >= 0.6 is 27.5 Å². The van der Waals surface area contributed by atoms with Gasteiger partial charge in [-0.15, -0.1) is 0 Å². The number of rotatable bonds is 5. The Morgan fingerprint density at radius 3 is 2.89 bits per heavy atom. The monoisotopic (exact) mass is 457 g/mol. The maximum atomic E-state index is 12.6. The number of halogens is 2. The van der Waals surface area contributed by atoms with Gasteiger partial charge in [0.15, 0.2) is 6.61 Å². The van der Waals surface area contributed by atoms with Crippen molar-refractivity contribution in [3.05, 3.63) is 23.2 Å². The molecule has 6 atom stereocenters. The third-order valence-electron chi connectivity index (χ3n) is 5.58. The third-order valence-corrected chi connectivity index (χ3v) is 7.01. The highest BCUT2D eigenvalue weighted by molar-refractivity contribution is 9.09. The van der Waals surface area contributed by atoms with E-state index < -0.39 is 30.3 Å². The van der Waals surface area contributed by atoms with Crippen molar-refractivity contribution in [3.8, 4) is 5.75 Å². The van der Waals surface area contributed by atoms with Crippen LogP contribution in [-0.2, 0) is 23.9 Å². The quantitative estimate of drug-likeness (QED) is 0.538. The van der Waals surface area contributed by atoms with E-state index in [1.165, 1.54) is 7.11 Å². The van der Waals surface area contributed by atoms with E-state index in [4.69, 9.17) is 25.8 Å². The maximum absolute atomic E-state index is 12.6. The van der Waals surface area contributed by atoms with E-state index in [0.717, 1.165) is 6.42 Å². The van der Waals surface area contributed by atoms with Crippen molar-refractivity contribution in [2.75, 3.05) is 19.0 Å². The Morgan fingerprint density at radius 2 is 2.15 bits per heavy atom. The highest BCUT2D eigenvalue weighted by Crippen LogP contribution is 2.60. The van der Waals surface area contributed by atoms with Crippen LogP contribution in [0.3, 0.4) is 0 Å². The van der Waals surface area contributed by atoms with Gasteiger partial charge in [-0.2, -0.15) is 0 Å². The molecule has 1 aliphatic heterocycles. The summed E-state index contributed by atoms with van der Waals surface area (Å²) in [4.78, 5) is 36.8. The van der Waals surface area contributed by atoms with Crippen LogP contribution in [0.1, 0.15) is 6.42 Å². The minimum atomic E-state index is -0.570. The van der Waals surface area contributed by atoms with Gasteiger partial charge in [0.1, 0.15) is 11.9 Å². The Morgan fingerprint density at radius 1 is 1.37 bits per heavy atom. The molecule has 0 unspecified atom stereocenters. The van der Waals surface area contributed by atoms with E-state index in [9.17, 15) is 14.4 Å². The number of hydrogen-bond acceptors (Lipinski definition) is 6. The molecule has 1 saturated heterocycles. The number of hydrogen-bond donors (Lipinski definition) is 1. The number of amides is 1. The number of fused-ring (bicyclic) bond motifs is 1. The fourth-order valence-electron chi connectivity index (χ4n) is 4.49. The smallest absolute Gasteiger partial charge is 0.310 e. The average Bonchev–Trinajstić information content (AvgIpc) is 3.24. The van der Waals surface area contributed by atoms with Crippen LogP contribution in [-0.4, -0.2) is 42.5 Å². The highest BCUT2D eigenvalue weighted by Gasteiger charge is 2.68. The van der Waals surface area contributed by atoms with Gasteiger partial charge in [-0.05, 0) is 30.5 Å². The molecule has 3 fully saturated rings. The summed E-state index contributed by atoms with van der Waals surface area (Å²) in [5, 5.41) is 3.04. The molecule has 1 aromatic carbocycles. The van der Waals surface area contributed by atoms with Gasteiger partial charge >= 0.3 is 11.9 Å². The second-order valence-corrected chi connectivity index (χ2v) is 8.46. The molecule has 0 radical (unpaired) electrons. The predicted molar refractivity (Wildman–Crippen MR) is 98.8 cm³/mol. The lowest BCUT2D eigenvalue weighted by molar-refractivity contribution is -0.157. The lowest BCUT2D eigenvalue weighted by Crippen LogP contribution is -2.39. The maximum Gasteiger partial charge on any atom is 0.310 e. The molecule has 3 aliphatic rings. The number of ether oxygens (including phenoxy) is 3. The van der Waals surface area contributed by atoms with Gasteiger partial charge in [0, 0.05) is 10.9 Å². The Bertz CT molecular complexity index is 817. The standard InChI is InChI=1S/C18H17BrClNO6/c1-25-11-3-2-7(20)4-10(11)21-12(22)6-26-17(23)13-8-5-9-14(13)18(24)27-16(9)15(8)19/h2-4,8-9,13-16H,5-6H2,1H3,(H,21,22)/t8-,9+,13+,14-,15+,16-/m0/s1. The van der Waals surface area contributed by atoms with Crippen molar-refractivity contribution >= 4 is 51.1 Å². The molecular weight excluding hydrogens is 442 g/mol. The predicted octanol–water partition coefficient (Wildman–Crippen LogP) is 2.40. The van der Waals surface area contributed by atoms with Crippen molar-refractivity contribution in [1.29, 1.82) is 0 Å². The van der Waals surface area contributed by atoms with Crippen molar-refractivity contribution in [2.24, 2.45) is 23.7 Å². The fourth-order valence-corrected chi connectivity index (χ4v) is 5.71. The molecular formula is C18H17BrClNO6. The molecule has 1 N–H and O–H groups in total. The van der Waals surface area contributed by atoms with Gasteiger partial charge < -0.3 is 19.5 Å². The van der Waals surface area contributed by atoms with Crippen LogP contribution < -0.4 is 10.1 Å². The van der Waals surface area contributed by atoms with E-state index in [1.54, 1.807) is 18.2 Å². The van der Waals surface area contributed by atoms with Crippen LogP contribution in [0.2, 0.25) is 5.02 Å². The van der Waals surface area contributed by atoms with Gasteiger partial charge in [0.05, 0.1) is 29.5 Å². The summed E-state index contributed by atoms with van der Waals surface area (Å²) >= 11 is 9.47. The Labute approximate surface area is 168 Å². The molecule has 0 aromatic heterocycles. The first-order chi connectivity index (χ1) is 12.9. The zero-order chi connectivity index (χ0) is 19.3. The minimum Gasteiger partial charge on any atom is -0.495 e. The molecule has 1 amide bonds. The van der Waals surface area contributed by atoms with Crippen LogP contribution in [0, 0.1) is 23.7 Å². The Hall–Kier alpha value is -1.80. The highest BCUT2D eigenvalue weighted by atomic mass is 79.9. The average molecular weight is 459 g/mol. The SMILES string of the molecule is COc1ccc(Cl)cc1NC(=O)COC(=O)[C@@H]1[C@@H]2C[C@H]3[C@H](OC(=O)[C@@H]31)[C@@H]2Br. The normalized spacial score (nSPS) is 32.9. The van der Waals surface area contributed by atoms with Gasteiger partial charge in [0.25, 0.3) is 5.91 Å². The fraction of sp³-hybridized carbons (Fsp3) is 0.500. The minimum absolute atomic E-state index is 0.0139. The van der Waals surface area contributed by atoms with Crippen molar-refractivity contribution in [1.82, 2.24) is 0 Å². The number of benzene rings is 1. The second-order valence-electron chi connectivity index (χ2n) is 6.96. The molecule has 144 valence electrons. The summed E-state index contributed by atoms with van der Waals surface area (Å²) in [6, 6.07) is 4.80. The second kappa shape index (κ2) is 6.98. The number of alkyl halides is 1. The van der Waals surface area contributed by atoms with E-state index in [0.29, 0.717) is 16.5 Å². The Kier molecular flexibility index (Phi) is 4.80. The molecule has 2 aliphatic carbocycles. The lowest BCUT2D eigenvalue weighted by atomic mass is 9.80. The number of carbonyl (C=O) groups excluding carboxylic acids is 3. The third kappa shape index (κ3) is 3.08. The first-order valence-corrected chi connectivity index (χ1v) is 9.84. The summed E-state index contributed by atoms with van der Waals surface area (Å²) in [7, 11) is 1.47. The van der Waals surface area contributed by atoms with E-state index in [2.05, 4.69) is 21.2 Å². The van der Waals surface area contributed by atoms with Crippen molar-refractivity contribution < 1.29 is 28.6 Å². The topological polar surface area (TPSA) is 90.9 Å². The van der Waals surface area contributed by atoms with Gasteiger partial charge in [0.2, 0.25) is 0 Å². The summed E-state index contributed by atoms with van der Waals surface area (Å²) in [5.74, 6) is -1.96. The molecule has 2 bridgehead atoms. The van der Waals surface area contributed by atoms with Crippen LogP contribution in [0.5, 0.6) is 5.75 Å². The number of anilines is 1. The van der Waals surface area contributed by atoms with Crippen LogP contribution in [0.25, 0.3) is 0 Å². The zero-order valence-corrected chi connectivity index (χ0v) is 16.7. The zero-order valence-electron chi connectivity index (χ0n) is 14.3. The summed E-state index contributed by atoms with van der Waals surface area (Å²) in [6.45, 7) is -0.458. The molecule has 2 saturated carbocycles. The molecule has 27 heavy (non-hydrogen) atoms. The van der Waals surface area contributed by atoms with Gasteiger partial charge in [-0.25, -0.2) is 0 Å². The first-order valence-electron chi connectivity index (χ1n) is 8.55. The largest absolute Gasteiger partial charge is 0.495 e. The Balaban J connectivity index is 1.38. The molecule has 9 heteroatoms. The van der Waals surface area contributed by atoms with Crippen molar-refractivity contribution in [3.63, 3.8) is 0 Å². The molecule has 7 nitrogen and oxygen atoms in total. The molecule has 4 rings (SSSR count). The van der Waals surface area contributed by atoms with Crippen molar-refractivity contribution in [2.45, 2.75) is 17.4 Å². The summed E-state index contributed by atoms with van der Waals surface area (Å²) in [6.07, 6.45) is 0.595. The molecule has 1 heterocycles. The summed E-state index contributed by atoms with van der Waals surface area (Å²) in [5.41, 5.74) is 0.383. The summed E-state index contributed by atoms with van der Waals surface area (Å²) < 4.78 is 15.7. The number of nitrogens with one attached hydrogen (secondary N) is 1. The molecule has 1 aromatic rings.